The second kappa shape index (κ2) is 2.46. The largest absolute Gasteiger partial charge is 0.354 e. The molecule has 0 saturated carbocycles. The molecule has 1 N–H and O–H groups in total. The Morgan fingerprint density at radius 2 is 2.15 bits per heavy atom. The second-order valence-corrected chi connectivity index (χ2v) is 3.75. The molecule has 2 rings (SSSR count). The summed E-state index contributed by atoms with van der Waals surface area (Å²) < 4.78 is 15.9. The molecule has 0 aliphatic carbocycles. The number of terminal acetylenes is 1. The van der Waals surface area contributed by atoms with Crippen molar-refractivity contribution >= 4 is 0 Å². The van der Waals surface area contributed by atoms with Gasteiger partial charge in [0.2, 0.25) is 0 Å². The van der Waals surface area contributed by atoms with Crippen molar-refractivity contribution in [2.24, 2.45) is 0 Å². The van der Waals surface area contributed by atoms with Crippen LogP contribution in [0.3, 0.4) is 0 Å². The molecule has 2 heterocycles. The Labute approximate surface area is 76.8 Å². The van der Waals surface area contributed by atoms with Gasteiger partial charge in [-0.25, -0.2) is 0 Å². The van der Waals surface area contributed by atoms with Gasteiger partial charge in [0, 0.05) is 0 Å². The topological polar surface area (TPSA) is 47.9 Å². The summed E-state index contributed by atoms with van der Waals surface area (Å²) in [6.07, 6.45) is 4.31. The van der Waals surface area contributed by atoms with Crippen molar-refractivity contribution in [3.63, 3.8) is 0 Å². The Hall–Kier alpha value is -0.600. The van der Waals surface area contributed by atoms with E-state index >= 15 is 0 Å². The summed E-state index contributed by atoms with van der Waals surface area (Å²) in [4.78, 5) is 0. The Morgan fingerprint density at radius 3 is 2.77 bits per heavy atom. The molecule has 0 aromatic heterocycles. The van der Waals surface area contributed by atoms with Crippen LogP contribution in [0.2, 0.25) is 0 Å². The van der Waals surface area contributed by atoms with Crippen molar-refractivity contribution in [1.29, 1.82) is 0 Å². The van der Waals surface area contributed by atoms with E-state index in [0.29, 0.717) is 0 Å². The van der Waals surface area contributed by atoms with E-state index in [0.717, 1.165) is 0 Å². The summed E-state index contributed by atoms with van der Waals surface area (Å²) in [5.41, 5.74) is 0. The van der Waals surface area contributed by atoms with Gasteiger partial charge in [-0.1, -0.05) is 0 Å². The second-order valence-electron chi connectivity index (χ2n) is 3.75. The Kier molecular flexibility index (Phi) is 1.70. The molecular formula is C9H12O4. The van der Waals surface area contributed by atoms with E-state index in [1.165, 1.54) is 0 Å². The molecule has 0 aromatic rings. The summed E-state index contributed by atoms with van der Waals surface area (Å²) in [6.45, 7) is 3.83. The van der Waals surface area contributed by atoms with Gasteiger partial charge < -0.3 is 19.3 Å². The van der Waals surface area contributed by atoms with Gasteiger partial charge in [0.1, 0.15) is 6.10 Å². The average molecular weight is 184 g/mol. The lowest BCUT2D eigenvalue weighted by molar-refractivity contribution is -0.233. The molecule has 0 bridgehead atoms. The Morgan fingerprint density at radius 1 is 1.46 bits per heavy atom. The number of aliphatic hydroxyl groups is 1. The summed E-state index contributed by atoms with van der Waals surface area (Å²) in [7, 11) is 0. The molecule has 0 radical (unpaired) electrons. The minimum atomic E-state index is -1.63. The zero-order chi connectivity index (χ0) is 9.69. The van der Waals surface area contributed by atoms with Crippen molar-refractivity contribution < 1.29 is 19.3 Å². The maximum Gasteiger partial charge on any atom is 0.261 e. The van der Waals surface area contributed by atoms with E-state index in [9.17, 15) is 5.11 Å². The van der Waals surface area contributed by atoms with E-state index in [2.05, 4.69) is 5.92 Å². The quantitative estimate of drug-likeness (QED) is 0.532. The summed E-state index contributed by atoms with van der Waals surface area (Å²) in [5.74, 6) is -0.139. The molecule has 2 saturated heterocycles. The minimum absolute atomic E-state index is 0.268. The highest BCUT2D eigenvalue weighted by molar-refractivity contribution is 5.13. The molecule has 3 atom stereocenters. The Bertz CT molecular complexity index is 267. The highest BCUT2D eigenvalue weighted by atomic mass is 16.8. The maximum atomic E-state index is 9.74. The molecule has 0 aromatic carbocycles. The third kappa shape index (κ3) is 1.25. The van der Waals surface area contributed by atoms with E-state index in [1.807, 2.05) is 0 Å². The predicted molar refractivity (Wildman–Crippen MR) is 43.6 cm³/mol. The molecule has 3 unspecified atom stereocenters. The summed E-state index contributed by atoms with van der Waals surface area (Å²) in [5, 5.41) is 9.74. The fourth-order valence-corrected chi connectivity index (χ4v) is 1.70. The normalized spacial score (nSPS) is 47.2. The molecule has 13 heavy (non-hydrogen) atoms. The highest BCUT2D eigenvalue weighted by Crippen LogP contribution is 2.39. The van der Waals surface area contributed by atoms with Crippen LogP contribution in [0.25, 0.3) is 0 Å². The monoisotopic (exact) mass is 184 g/mol. The van der Waals surface area contributed by atoms with Gasteiger partial charge >= 0.3 is 0 Å². The van der Waals surface area contributed by atoms with Gasteiger partial charge in [-0.3, -0.25) is 0 Å². The van der Waals surface area contributed by atoms with Crippen LogP contribution >= 0.6 is 0 Å². The molecular weight excluding hydrogens is 172 g/mol. The van der Waals surface area contributed by atoms with Crippen LogP contribution in [-0.2, 0) is 14.2 Å². The SMILES string of the molecule is C#CC1(O)OCC2OC(C)(C)OC21. The van der Waals surface area contributed by atoms with Gasteiger partial charge in [0.15, 0.2) is 11.9 Å². The first-order chi connectivity index (χ1) is 5.97. The van der Waals surface area contributed by atoms with Crippen LogP contribution in [0.1, 0.15) is 13.8 Å². The van der Waals surface area contributed by atoms with Crippen molar-refractivity contribution in [2.75, 3.05) is 6.61 Å². The number of rotatable bonds is 0. The van der Waals surface area contributed by atoms with Crippen LogP contribution in [0.4, 0.5) is 0 Å². The van der Waals surface area contributed by atoms with Gasteiger partial charge in [-0.15, -0.1) is 6.42 Å². The molecule has 4 nitrogen and oxygen atoms in total. The molecule has 0 amide bonds. The van der Waals surface area contributed by atoms with Crippen molar-refractivity contribution in [3.8, 4) is 12.3 Å². The average Bonchev–Trinajstić information content (AvgIpc) is 2.49. The molecule has 2 fully saturated rings. The molecule has 4 heteroatoms. The number of ether oxygens (including phenoxy) is 3. The third-order valence-corrected chi connectivity index (χ3v) is 2.24. The van der Waals surface area contributed by atoms with Crippen LogP contribution in [0.15, 0.2) is 0 Å². The lowest BCUT2D eigenvalue weighted by Crippen LogP contribution is -2.41. The molecule has 2 aliphatic rings. The first-order valence-corrected chi connectivity index (χ1v) is 4.16. The zero-order valence-corrected chi connectivity index (χ0v) is 7.61. The first kappa shape index (κ1) is 8.97. The van der Waals surface area contributed by atoms with E-state index in [-0.39, 0.29) is 12.7 Å². The van der Waals surface area contributed by atoms with Gasteiger partial charge in [0.25, 0.3) is 5.79 Å². The minimum Gasteiger partial charge on any atom is -0.354 e. The van der Waals surface area contributed by atoms with Crippen LogP contribution < -0.4 is 0 Å². The van der Waals surface area contributed by atoms with E-state index in [4.69, 9.17) is 20.6 Å². The number of hydrogen-bond acceptors (Lipinski definition) is 4. The van der Waals surface area contributed by atoms with Crippen LogP contribution in [0, 0.1) is 12.3 Å². The fourth-order valence-electron chi connectivity index (χ4n) is 1.70. The van der Waals surface area contributed by atoms with E-state index < -0.39 is 17.7 Å². The fraction of sp³-hybridized carbons (Fsp3) is 0.778. The standard InChI is InChI=1S/C9H12O4/c1-4-9(10)7-6(5-11-9)12-8(2,3)13-7/h1,6-7,10H,5H2,2-3H3. The Balaban J connectivity index is 2.22. The van der Waals surface area contributed by atoms with Gasteiger partial charge in [0.05, 0.1) is 6.61 Å². The van der Waals surface area contributed by atoms with Gasteiger partial charge in [-0.2, -0.15) is 0 Å². The number of fused-ring (bicyclic) bond motifs is 1. The molecule has 2 aliphatic heterocycles. The van der Waals surface area contributed by atoms with Crippen molar-refractivity contribution in [3.05, 3.63) is 0 Å². The summed E-state index contributed by atoms with van der Waals surface area (Å²) in [6, 6.07) is 0. The van der Waals surface area contributed by atoms with Crippen molar-refractivity contribution in [2.45, 2.75) is 37.6 Å². The third-order valence-electron chi connectivity index (χ3n) is 2.24. The first-order valence-electron chi connectivity index (χ1n) is 4.16. The highest BCUT2D eigenvalue weighted by Gasteiger charge is 2.57. The smallest absolute Gasteiger partial charge is 0.261 e. The van der Waals surface area contributed by atoms with Crippen LogP contribution in [0.5, 0.6) is 0 Å². The maximum absolute atomic E-state index is 9.74. The van der Waals surface area contributed by atoms with Crippen LogP contribution in [-0.4, -0.2) is 35.5 Å². The number of hydrogen-bond donors (Lipinski definition) is 1. The van der Waals surface area contributed by atoms with Gasteiger partial charge in [-0.05, 0) is 19.8 Å². The van der Waals surface area contributed by atoms with Crippen molar-refractivity contribution in [1.82, 2.24) is 0 Å². The predicted octanol–water partition coefficient (Wildman–Crippen LogP) is -0.141. The van der Waals surface area contributed by atoms with E-state index in [1.54, 1.807) is 13.8 Å². The lowest BCUT2D eigenvalue weighted by Gasteiger charge is -2.24. The lowest BCUT2D eigenvalue weighted by atomic mass is 10.1. The zero-order valence-electron chi connectivity index (χ0n) is 7.61. The molecule has 72 valence electrons. The molecule has 0 spiro atoms. The summed E-state index contributed by atoms with van der Waals surface area (Å²) >= 11 is 0.